The van der Waals surface area contributed by atoms with Crippen molar-refractivity contribution < 1.29 is 22.4 Å². The molecule has 1 saturated carbocycles. The average Bonchev–Trinajstić information content (AvgIpc) is 3.60. The number of methoxy groups -OCH3 is 1. The smallest absolute Gasteiger partial charge is 0.240 e. The van der Waals surface area contributed by atoms with Gasteiger partial charge in [0.2, 0.25) is 21.9 Å². The van der Waals surface area contributed by atoms with Crippen molar-refractivity contribution in [1.82, 2.24) is 34.9 Å². The molecule has 4 heterocycles. The second-order valence-electron chi connectivity index (χ2n) is 10.2. The van der Waals surface area contributed by atoms with Gasteiger partial charge in [-0.05, 0) is 57.6 Å². The zero-order valence-corrected chi connectivity index (χ0v) is 24.5. The summed E-state index contributed by atoms with van der Waals surface area (Å²) < 4.78 is 48.9. The van der Waals surface area contributed by atoms with E-state index in [0.717, 1.165) is 24.0 Å². The van der Waals surface area contributed by atoms with Crippen LogP contribution in [0.15, 0.2) is 41.4 Å². The molecule has 1 fully saturated rings. The molecule has 5 rings (SSSR count). The fourth-order valence-corrected chi connectivity index (χ4v) is 5.75. The van der Waals surface area contributed by atoms with Gasteiger partial charge >= 0.3 is 0 Å². The van der Waals surface area contributed by atoms with Crippen LogP contribution in [0.3, 0.4) is 0 Å². The summed E-state index contributed by atoms with van der Waals surface area (Å²) in [6.45, 7) is 7.58. The van der Waals surface area contributed by atoms with Gasteiger partial charge in [-0.25, -0.2) is 23.4 Å². The molecule has 1 aliphatic carbocycles. The summed E-state index contributed by atoms with van der Waals surface area (Å²) in [7, 11) is -2.56. The third-order valence-electron chi connectivity index (χ3n) is 7.02. The van der Waals surface area contributed by atoms with Crippen LogP contribution in [0.25, 0.3) is 11.5 Å². The number of pyridine rings is 1. The summed E-state index contributed by atoms with van der Waals surface area (Å²) in [6.07, 6.45) is 6.56. The van der Waals surface area contributed by atoms with Crippen LogP contribution in [0.2, 0.25) is 0 Å². The van der Waals surface area contributed by atoms with E-state index in [9.17, 15) is 8.42 Å². The molecule has 0 radical (unpaired) electrons. The Hall–Kier alpha value is -3.91. The molecule has 4 aromatic rings. The summed E-state index contributed by atoms with van der Waals surface area (Å²) in [5.74, 6) is 1.32. The number of nitrogens with one attached hydrogen (secondary N) is 1. The van der Waals surface area contributed by atoms with Crippen LogP contribution in [0.1, 0.15) is 67.9 Å². The fourth-order valence-electron chi connectivity index (χ4n) is 4.65. The molecule has 1 N–H and O–H groups in total. The normalized spacial score (nSPS) is 15.8. The molecule has 0 spiro atoms. The van der Waals surface area contributed by atoms with Gasteiger partial charge in [-0.3, -0.25) is 9.29 Å². The Morgan fingerprint density at radius 1 is 1.17 bits per heavy atom. The van der Waals surface area contributed by atoms with Crippen LogP contribution in [0, 0.1) is 19.8 Å². The minimum atomic E-state index is -4.09. The Labute approximate surface area is 238 Å². The maximum atomic E-state index is 13.9. The molecule has 218 valence electrons. The molecule has 41 heavy (non-hydrogen) atoms. The van der Waals surface area contributed by atoms with Crippen molar-refractivity contribution in [3.63, 3.8) is 0 Å². The first kappa shape index (κ1) is 28.6. The number of nitrogens with zero attached hydrogens (tertiary/aromatic N) is 7. The highest BCUT2D eigenvalue weighted by atomic mass is 32.2. The molecule has 0 aliphatic heterocycles. The molecule has 0 aromatic carbocycles. The van der Waals surface area contributed by atoms with Gasteiger partial charge < -0.3 is 14.0 Å². The predicted molar refractivity (Wildman–Crippen MR) is 150 cm³/mol. The quantitative estimate of drug-likeness (QED) is 0.242. The van der Waals surface area contributed by atoms with Crippen LogP contribution in [-0.4, -0.2) is 62.3 Å². The van der Waals surface area contributed by atoms with Gasteiger partial charge in [0.05, 0.1) is 18.8 Å². The lowest BCUT2D eigenvalue weighted by Gasteiger charge is -2.25. The molecule has 0 saturated heterocycles. The zero-order valence-electron chi connectivity index (χ0n) is 23.7. The molecular formula is C27H34N8O5S. The van der Waals surface area contributed by atoms with Crippen molar-refractivity contribution in [3.05, 3.63) is 59.5 Å². The summed E-state index contributed by atoms with van der Waals surface area (Å²) >= 11 is 0. The lowest BCUT2D eigenvalue weighted by atomic mass is 10.0. The molecular weight excluding hydrogens is 548 g/mol. The standard InChI is InChI=1S/C27H34N8O5S/c1-6-12-39-24(25-28-13-16(2)14-29-25)18(4)41(36,37)34-27-32-31-26(21-8-7-9-22(30-21)38-5)35(27)23(19-10-11-19)20-15-40-33-17(20)3/h7-9,13-15,18-19,23-24H,6,10-12H2,1-5H3,(H,32,34)/t18-,23-,24+/m0/s1. The Kier molecular flexibility index (Phi) is 8.31. The highest BCUT2D eigenvalue weighted by Crippen LogP contribution is 2.47. The van der Waals surface area contributed by atoms with Crippen molar-refractivity contribution in [2.75, 3.05) is 18.4 Å². The van der Waals surface area contributed by atoms with Crippen molar-refractivity contribution in [2.24, 2.45) is 5.92 Å². The monoisotopic (exact) mass is 582 g/mol. The Balaban J connectivity index is 1.57. The SMILES string of the molecule is CCCO[C@@H](c1ncc(C)cn1)[C@H](C)S(=O)(=O)Nc1nnc(-c2cccc(OC)n2)n1[C@H](c1conc1C)C1CC1. The van der Waals surface area contributed by atoms with E-state index in [2.05, 4.69) is 35.0 Å². The van der Waals surface area contributed by atoms with Crippen LogP contribution < -0.4 is 9.46 Å². The summed E-state index contributed by atoms with van der Waals surface area (Å²) in [5.41, 5.74) is 2.86. The number of aryl methyl sites for hydroxylation is 2. The highest BCUT2D eigenvalue weighted by Gasteiger charge is 2.41. The van der Waals surface area contributed by atoms with Gasteiger partial charge in [-0.15, -0.1) is 10.2 Å². The van der Waals surface area contributed by atoms with Gasteiger partial charge in [0, 0.05) is 30.6 Å². The Morgan fingerprint density at radius 3 is 2.56 bits per heavy atom. The van der Waals surface area contributed by atoms with Crippen LogP contribution in [0.5, 0.6) is 5.88 Å². The van der Waals surface area contributed by atoms with Crippen LogP contribution in [-0.2, 0) is 14.8 Å². The number of ether oxygens (including phenoxy) is 2. The minimum absolute atomic E-state index is 0.0491. The number of sulfonamides is 1. The van der Waals surface area contributed by atoms with Crippen molar-refractivity contribution in [3.8, 4) is 17.4 Å². The van der Waals surface area contributed by atoms with Crippen molar-refractivity contribution in [1.29, 1.82) is 0 Å². The third kappa shape index (κ3) is 6.07. The Morgan fingerprint density at radius 2 is 1.93 bits per heavy atom. The fraction of sp³-hybridized carbons (Fsp3) is 0.481. The number of anilines is 1. The van der Waals surface area contributed by atoms with E-state index in [0.29, 0.717) is 41.9 Å². The van der Waals surface area contributed by atoms with Crippen LogP contribution in [0.4, 0.5) is 5.95 Å². The van der Waals surface area contributed by atoms with E-state index >= 15 is 0 Å². The summed E-state index contributed by atoms with van der Waals surface area (Å²) in [4.78, 5) is 13.3. The average molecular weight is 583 g/mol. The van der Waals surface area contributed by atoms with Gasteiger partial charge in [0.1, 0.15) is 23.3 Å². The maximum Gasteiger partial charge on any atom is 0.240 e. The lowest BCUT2D eigenvalue weighted by Crippen LogP contribution is -2.34. The zero-order chi connectivity index (χ0) is 29.1. The van der Waals surface area contributed by atoms with Gasteiger partial charge in [0.15, 0.2) is 11.6 Å². The summed E-state index contributed by atoms with van der Waals surface area (Å²) in [5, 5.41) is 11.7. The molecule has 0 unspecified atom stereocenters. The molecule has 1 aliphatic rings. The maximum absolute atomic E-state index is 13.9. The molecule has 4 aromatic heterocycles. The molecule has 14 heteroatoms. The second kappa shape index (κ2) is 11.9. The van der Waals surface area contributed by atoms with Gasteiger partial charge in [-0.1, -0.05) is 18.1 Å². The van der Waals surface area contributed by atoms with Gasteiger partial charge in [-0.2, -0.15) is 0 Å². The Bertz CT molecular complexity index is 1580. The first-order chi connectivity index (χ1) is 19.7. The predicted octanol–water partition coefficient (Wildman–Crippen LogP) is 4.04. The number of hydrogen-bond donors (Lipinski definition) is 1. The second-order valence-corrected chi connectivity index (χ2v) is 12.2. The minimum Gasteiger partial charge on any atom is -0.481 e. The van der Waals surface area contributed by atoms with Crippen molar-refractivity contribution >= 4 is 16.0 Å². The van der Waals surface area contributed by atoms with E-state index in [1.165, 1.54) is 7.11 Å². The number of aromatic nitrogens is 7. The molecule has 13 nitrogen and oxygen atoms in total. The number of hydrogen-bond acceptors (Lipinski definition) is 11. The molecule has 3 atom stereocenters. The van der Waals surface area contributed by atoms with E-state index < -0.39 is 21.4 Å². The largest absolute Gasteiger partial charge is 0.481 e. The highest BCUT2D eigenvalue weighted by molar-refractivity contribution is 7.93. The lowest BCUT2D eigenvalue weighted by molar-refractivity contribution is 0.0466. The topological polar surface area (TPSA) is 160 Å². The van der Waals surface area contributed by atoms with E-state index in [-0.39, 0.29) is 17.9 Å². The van der Waals surface area contributed by atoms with Crippen molar-refractivity contribution in [2.45, 2.75) is 64.4 Å². The van der Waals surface area contributed by atoms with Gasteiger partial charge in [0.25, 0.3) is 0 Å². The third-order valence-corrected chi connectivity index (χ3v) is 8.71. The van der Waals surface area contributed by atoms with E-state index in [4.69, 9.17) is 14.0 Å². The van der Waals surface area contributed by atoms with E-state index in [1.54, 1.807) is 48.3 Å². The first-order valence-corrected chi connectivity index (χ1v) is 15.1. The molecule has 0 amide bonds. The van der Waals surface area contributed by atoms with Crippen LogP contribution >= 0.6 is 0 Å². The first-order valence-electron chi connectivity index (χ1n) is 13.5. The molecule has 0 bridgehead atoms. The number of rotatable bonds is 13. The van der Waals surface area contributed by atoms with E-state index in [1.807, 2.05) is 20.8 Å². The summed E-state index contributed by atoms with van der Waals surface area (Å²) in [6, 6.07) is 4.96.